The van der Waals surface area contributed by atoms with E-state index in [9.17, 15) is 37.0 Å². The fraction of sp³-hybridized carbons (Fsp3) is 0.500. The Kier molecular flexibility index (Phi) is 11.2. The summed E-state index contributed by atoms with van der Waals surface area (Å²) in [7, 11) is -2.35. The normalized spacial score (nSPS) is 14.9. The molecule has 4 N–H and O–H groups in total. The van der Waals surface area contributed by atoms with E-state index < -0.39 is 57.8 Å². The topological polar surface area (TPSA) is 149 Å². The smallest absolute Gasteiger partial charge is 0.271 e. The Balaban J connectivity index is 0.00000722. The molecule has 10 nitrogen and oxygen atoms in total. The minimum Gasteiger partial charge on any atom is -0.388 e. The van der Waals surface area contributed by atoms with Gasteiger partial charge in [-0.15, -0.1) is 11.3 Å². The molecule has 1 aromatic carbocycles. The number of benzene rings is 1. The molecule has 37 heavy (non-hydrogen) atoms. The lowest BCUT2D eigenvalue weighted by atomic mass is 9.92. The van der Waals surface area contributed by atoms with Crippen molar-refractivity contribution in [1.82, 2.24) is 15.6 Å². The molecular formula is C22H34F2N4O6S3. The third-order valence-corrected chi connectivity index (χ3v) is 8.23. The maximum absolute atomic E-state index is 13.8. The van der Waals surface area contributed by atoms with Gasteiger partial charge in [-0.2, -0.15) is 11.8 Å². The number of aromatic nitrogens is 1. The Hall–Kier alpha value is -2.33. The summed E-state index contributed by atoms with van der Waals surface area (Å²) in [5.41, 5.74) is -0.0570. The minimum atomic E-state index is -3.62. The van der Waals surface area contributed by atoms with Crippen LogP contribution in [0.4, 0.5) is 13.9 Å². The van der Waals surface area contributed by atoms with Gasteiger partial charge in [-0.05, 0) is 42.5 Å². The van der Waals surface area contributed by atoms with E-state index in [1.807, 2.05) is 6.26 Å². The highest BCUT2D eigenvalue weighted by atomic mass is 32.2. The number of sulfonamides is 1. The van der Waals surface area contributed by atoms with Gasteiger partial charge in [-0.1, -0.05) is 0 Å². The van der Waals surface area contributed by atoms with Gasteiger partial charge in [0.1, 0.15) is 29.5 Å². The van der Waals surface area contributed by atoms with Crippen molar-refractivity contribution in [2.24, 2.45) is 0 Å². The van der Waals surface area contributed by atoms with Gasteiger partial charge in [0.05, 0.1) is 18.3 Å². The van der Waals surface area contributed by atoms with Gasteiger partial charge in [-0.25, -0.2) is 26.5 Å². The monoisotopic (exact) mass is 584 g/mol. The molecule has 0 spiro atoms. The number of thiazole rings is 1. The molecule has 2 aromatic rings. The van der Waals surface area contributed by atoms with Crippen LogP contribution in [0.1, 0.15) is 32.2 Å². The zero-order valence-electron chi connectivity index (χ0n) is 20.6. The summed E-state index contributed by atoms with van der Waals surface area (Å²) in [5.74, 6) is -2.41. The van der Waals surface area contributed by atoms with E-state index in [0.29, 0.717) is 18.2 Å². The first-order valence-corrected chi connectivity index (χ1v) is 15.1. The molecule has 0 radical (unpaired) electrons. The van der Waals surface area contributed by atoms with Crippen molar-refractivity contribution in [1.29, 1.82) is 0 Å². The molecule has 2 rings (SSSR count). The summed E-state index contributed by atoms with van der Waals surface area (Å²) >= 11 is 2.36. The highest BCUT2D eigenvalue weighted by Crippen LogP contribution is 2.22. The van der Waals surface area contributed by atoms with E-state index in [1.165, 1.54) is 31.1 Å². The van der Waals surface area contributed by atoms with E-state index in [-0.39, 0.29) is 25.7 Å². The number of aliphatic hydroxyl groups excluding tert-OH is 2. The number of hydrogen-bond acceptors (Lipinski definition) is 9. The van der Waals surface area contributed by atoms with Crippen LogP contribution >= 0.6 is 23.1 Å². The quantitative estimate of drug-likeness (QED) is 0.278. The highest BCUT2D eigenvalue weighted by Gasteiger charge is 2.34. The summed E-state index contributed by atoms with van der Waals surface area (Å²) in [4.78, 5) is 28.6. The molecule has 0 aliphatic heterocycles. The van der Waals surface area contributed by atoms with Crippen LogP contribution in [0.3, 0.4) is 0 Å². The van der Waals surface area contributed by atoms with Gasteiger partial charge < -0.3 is 20.8 Å². The summed E-state index contributed by atoms with van der Waals surface area (Å²) < 4.78 is 52.0. The first kappa shape index (κ1) is 30.9. The third-order valence-electron chi connectivity index (χ3n) is 5.38. The summed E-state index contributed by atoms with van der Waals surface area (Å²) in [5, 5.41) is 28.4. The number of hydrogen-bond donors (Lipinski definition) is 4. The lowest BCUT2D eigenvalue weighted by Crippen LogP contribution is -2.56. The molecule has 0 unspecified atom stereocenters. The molecule has 0 aliphatic carbocycles. The number of anilines is 1. The molecule has 1 heterocycles. The van der Waals surface area contributed by atoms with Gasteiger partial charge in [0.25, 0.3) is 5.91 Å². The lowest BCUT2D eigenvalue weighted by Gasteiger charge is -2.32. The molecule has 0 aliphatic rings. The predicted octanol–water partition coefficient (Wildman–Crippen LogP) is 1.63. The molecule has 0 bridgehead atoms. The van der Waals surface area contributed by atoms with Gasteiger partial charge in [-0.3, -0.25) is 9.59 Å². The average molecular weight is 585 g/mol. The minimum absolute atomic E-state index is 0. The number of aliphatic hydroxyl groups is 2. The molecular weight excluding hydrogens is 550 g/mol. The Morgan fingerprint density at radius 2 is 1.76 bits per heavy atom. The van der Waals surface area contributed by atoms with E-state index >= 15 is 0 Å². The van der Waals surface area contributed by atoms with Crippen molar-refractivity contribution in [3.8, 4) is 0 Å². The molecule has 2 amide bonds. The highest BCUT2D eigenvalue weighted by molar-refractivity contribution is 7.98. The van der Waals surface area contributed by atoms with Crippen LogP contribution < -0.4 is 14.9 Å². The lowest BCUT2D eigenvalue weighted by molar-refractivity contribution is -0.121. The first-order valence-electron chi connectivity index (χ1n) is 11.0. The second-order valence-corrected chi connectivity index (χ2v) is 12.2. The van der Waals surface area contributed by atoms with Crippen LogP contribution in [0.15, 0.2) is 23.6 Å². The largest absolute Gasteiger partial charge is 0.388 e. The number of thioether (sulfide) groups is 1. The van der Waals surface area contributed by atoms with Gasteiger partial charge >= 0.3 is 0 Å². The van der Waals surface area contributed by atoms with Gasteiger partial charge in [0.15, 0.2) is 5.13 Å². The van der Waals surface area contributed by atoms with E-state index in [2.05, 4.69) is 15.6 Å². The second-order valence-electron chi connectivity index (χ2n) is 8.38. The third kappa shape index (κ3) is 9.17. The Morgan fingerprint density at radius 1 is 1.16 bits per heavy atom. The first-order chi connectivity index (χ1) is 17.2. The maximum Gasteiger partial charge on any atom is 0.271 e. The van der Waals surface area contributed by atoms with E-state index in [0.717, 1.165) is 34.0 Å². The van der Waals surface area contributed by atoms with Crippen LogP contribution in [0.2, 0.25) is 0 Å². The second kappa shape index (κ2) is 13.5. The zero-order valence-corrected chi connectivity index (χ0v) is 23.1. The zero-order chi connectivity index (χ0) is 27.9. The molecule has 210 valence electrons. The van der Waals surface area contributed by atoms with Crippen LogP contribution in [0.5, 0.6) is 0 Å². The van der Waals surface area contributed by atoms with Crippen molar-refractivity contribution in [3.63, 3.8) is 0 Å². The van der Waals surface area contributed by atoms with Crippen molar-refractivity contribution in [2.45, 2.75) is 44.1 Å². The summed E-state index contributed by atoms with van der Waals surface area (Å²) in [6.07, 6.45) is -0.357. The Labute approximate surface area is 225 Å². The Bertz CT molecular complexity index is 1190. The number of carbonyl (C=O) groups is 2. The maximum atomic E-state index is 13.8. The average Bonchev–Trinajstić information content (AvgIpc) is 3.28. The van der Waals surface area contributed by atoms with Gasteiger partial charge in [0.2, 0.25) is 15.9 Å². The fourth-order valence-corrected chi connectivity index (χ4v) is 5.47. The molecule has 4 atom stereocenters. The van der Waals surface area contributed by atoms with Crippen molar-refractivity contribution < 1.29 is 39.9 Å². The number of halogens is 2. The number of rotatable bonds is 13. The fourth-order valence-electron chi connectivity index (χ4n) is 3.45. The molecule has 15 heteroatoms. The number of nitrogens with one attached hydrogen (secondary N) is 2. The number of nitrogens with zero attached hydrogens (tertiary/aromatic N) is 2. The van der Waals surface area contributed by atoms with Crippen LogP contribution in [-0.4, -0.2) is 85.0 Å². The number of carbonyl (C=O) groups excluding carboxylic acids is 2. The summed E-state index contributed by atoms with van der Waals surface area (Å²) in [6.45, 7) is 1.26. The standard InChI is InChI=1S/C22H30F2N4O6S3.2H2/c1-12(29)25-16(5-6-35-3)19(30)20(31)17(9-13-7-14(23)10-15(24)8-13)26-21(32)18-11-36-22(27-18)28(2)37(4,33)34;;/h7-8,10-11,16-17,19-20,30-31H,5-6,9H2,1-4H3,(H,25,29)(H,26,32);2*1H/t16-,17+,19-,20-;;/m1../s1. The van der Waals surface area contributed by atoms with Crippen molar-refractivity contribution >= 4 is 50.1 Å². The van der Waals surface area contributed by atoms with E-state index in [1.54, 1.807) is 0 Å². The number of amides is 2. The molecule has 0 saturated heterocycles. The molecule has 0 saturated carbocycles. The van der Waals surface area contributed by atoms with Crippen LogP contribution in [0, 0.1) is 11.6 Å². The van der Waals surface area contributed by atoms with Crippen molar-refractivity contribution in [3.05, 3.63) is 46.5 Å². The SMILES string of the molecule is CSCC[C@@H](NC(C)=O)[C@@H](O)[C@H](O)[C@H](Cc1cc(F)cc(F)c1)NC(=O)c1csc(N(C)S(C)(=O)=O)n1.[HH].[HH]. The van der Waals surface area contributed by atoms with Crippen LogP contribution in [-0.2, 0) is 21.2 Å². The Morgan fingerprint density at radius 3 is 2.30 bits per heavy atom. The molecule has 1 aromatic heterocycles. The van der Waals surface area contributed by atoms with Crippen LogP contribution in [0.25, 0.3) is 0 Å². The van der Waals surface area contributed by atoms with Crippen molar-refractivity contribution in [2.75, 3.05) is 29.6 Å². The predicted molar refractivity (Wildman–Crippen MR) is 144 cm³/mol. The van der Waals surface area contributed by atoms with E-state index in [4.69, 9.17) is 0 Å². The van der Waals surface area contributed by atoms with Gasteiger partial charge in [0, 0.05) is 28.3 Å². The summed E-state index contributed by atoms with van der Waals surface area (Å²) in [6, 6.07) is 0.613. The molecule has 0 fully saturated rings.